The molecule has 0 aliphatic carbocycles. The number of nitrogens with one attached hydrogen (secondary N) is 2. The molecule has 0 aliphatic rings. The number of carbonyl (C=O) groups is 3. The smallest absolute Gasteiger partial charge is 0.411 e. The van der Waals surface area contributed by atoms with Gasteiger partial charge in [0.1, 0.15) is 0 Å². The van der Waals surface area contributed by atoms with Crippen LogP contribution in [0.3, 0.4) is 0 Å². The molecule has 8 nitrogen and oxygen atoms in total. The lowest BCUT2D eigenvalue weighted by molar-refractivity contribution is -0.148. The average Bonchev–Trinajstić information content (AvgIpc) is 2.73. The Kier molecular flexibility index (Phi) is 9.22. The Morgan fingerprint density at radius 2 is 1.81 bits per heavy atom. The van der Waals surface area contributed by atoms with Crippen LogP contribution in [-0.4, -0.2) is 36.5 Å². The van der Waals surface area contributed by atoms with Gasteiger partial charge in [-0.05, 0) is 48.6 Å². The van der Waals surface area contributed by atoms with E-state index in [-0.39, 0.29) is 19.0 Å². The van der Waals surface area contributed by atoms with Crippen molar-refractivity contribution >= 4 is 35.5 Å². The summed E-state index contributed by atoms with van der Waals surface area (Å²) in [6, 6.07) is 14.7. The first-order valence-corrected chi connectivity index (χ1v) is 10.5. The fourth-order valence-corrected chi connectivity index (χ4v) is 3.37. The average molecular weight is 460 g/mol. The van der Waals surface area contributed by atoms with Crippen molar-refractivity contribution in [3.63, 3.8) is 0 Å². The molecule has 0 saturated heterocycles. The molecule has 2 rings (SSSR count). The summed E-state index contributed by atoms with van der Waals surface area (Å²) in [5.41, 5.74) is 7.72. The number of benzene rings is 2. The molecule has 0 aliphatic heterocycles. The summed E-state index contributed by atoms with van der Waals surface area (Å²) in [6.45, 7) is 3.67. The first-order chi connectivity index (χ1) is 15.2. The second-order valence-corrected chi connectivity index (χ2v) is 7.66. The van der Waals surface area contributed by atoms with Gasteiger partial charge in [0.15, 0.2) is 0 Å². The SMILES string of the molecule is CCOC(=O)[C@H](C)C[C@@H](Cc1ccc(-c2cccc(Cl)c2)cc1)NC(=O)C(=N)OC(N)=O. The van der Waals surface area contributed by atoms with Crippen LogP contribution in [0.5, 0.6) is 0 Å². The molecular weight excluding hydrogens is 434 g/mol. The van der Waals surface area contributed by atoms with Crippen molar-refractivity contribution in [1.82, 2.24) is 5.32 Å². The van der Waals surface area contributed by atoms with Gasteiger partial charge in [-0.15, -0.1) is 0 Å². The third-order valence-corrected chi connectivity index (χ3v) is 4.90. The molecule has 0 radical (unpaired) electrons. The van der Waals surface area contributed by atoms with E-state index in [1.165, 1.54) is 0 Å². The Hall–Kier alpha value is -3.39. The number of carbonyl (C=O) groups excluding carboxylic acids is 3. The Bertz CT molecular complexity index is 978. The summed E-state index contributed by atoms with van der Waals surface area (Å²) in [4.78, 5) is 35.1. The summed E-state index contributed by atoms with van der Waals surface area (Å²) in [5, 5.41) is 10.8. The van der Waals surface area contributed by atoms with E-state index >= 15 is 0 Å². The first-order valence-electron chi connectivity index (χ1n) is 10.1. The Morgan fingerprint density at radius 3 is 2.41 bits per heavy atom. The predicted octanol–water partition coefficient (Wildman–Crippen LogP) is 3.70. The van der Waals surface area contributed by atoms with E-state index in [2.05, 4.69) is 10.1 Å². The number of ether oxygens (including phenoxy) is 2. The Morgan fingerprint density at radius 1 is 1.12 bits per heavy atom. The molecule has 9 heteroatoms. The lowest BCUT2D eigenvalue weighted by Crippen LogP contribution is -2.43. The highest BCUT2D eigenvalue weighted by atomic mass is 35.5. The van der Waals surface area contributed by atoms with Crippen LogP contribution in [0.25, 0.3) is 11.1 Å². The minimum Gasteiger partial charge on any atom is -0.466 e. The number of primary amides is 1. The van der Waals surface area contributed by atoms with E-state index in [0.29, 0.717) is 11.4 Å². The van der Waals surface area contributed by atoms with Crippen LogP contribution in [-0.2, 0) is 25.5 Å². The Balaban J connectivity index is 2.15. The van der Waals surface area contributed by atoms with Gasteiger partial charge >= 0.3 is 18.0 Å². The number of halogens is 1. The summed E-state index contributed by atoms with van der Waals surface area (Å²) in [5.74, 6) is -2.69. The highest BCUT2D eigenvalue weighted by Crippen LogP contribution is 2.23. The highest BCUT2D eigenvalue weighted by molar-refractivity contribution is 6.35. The maximum Gasteiger partial charge on any atom is 0.411 e. The van der Waals surface area contributed by atoms with E-state index in [1.54, 1.807) is 19.9 Å². The summed E-state index contributed by atoms with van der Waals surface area (Å²) >= 11 is 6.06. The molecule has 0 spiro atoms. The van der Waals surface area contributed by atoms with Crippen LogP contribution in [0.15, 0.2) is 48.5 Å². The van der Waals surface area contributed by atoms with Gasteiger partial charge in [0.2, 0.25) is 0 Å². The molecular formula is C23H26ClN3O5. The number of hydrogen-bond donors (Lipinski definition) is 3. The maximum atomic E-state index is 12.2. The quantitative estimate of drug-likeness (QED) is 0.314. The minimum atomic E-state index is -1.25. The molecule has 0 bridgehead atoms. The second kappa shape index (κ2) is 11.9. The molecule has 0 heterocycles. The van der Waals surface area contributed by atoms with Gasteiger partial charge in [0.05, 0.1) is 12.5 Å². The molecule has 32 heavy (non-hydrogen) atoms. The number of amides is 2. The van der Waals surface area contributed by atoms with Gasteiger partial charge in [-0.2, -0.15) is 0 Å². The normalized spacial score (nSPS) is 12.3. The molecule has 0 unspecified atom stereocenters. The van der Waals surface area contributed by atoms with Crippen molar-refractivity contribution in [3.8, 4) is 11.1 Å². The van der Waals surface area contributed by atoms with Crippen LogP contribution in [0.4, 0.5) is 4.79 Å². The molecule has 2 amide bonds. The fraction of sp³-hybridized carbons (Fsp3) is 0.304. The van der Waals surface area contributed by atoms with Crippen LogP contribution in [0.2, 0.25) is 5.02 Å². The summed E-state index contributed by atoms with van der Waals surface area (Å²) < 4.78 is 9.38. The van der Waals surface area contributed by atoms with Crippen molar-refractivity contribution in [1.29, 1.82) is 5.41 Å². The Labute approximate surface area is 191 Å². The largest absolute Gasteiger partial charge is 0.466 e. The lowest BCUT2D eigenvalue weighted by atomic mass is 9.95. The van der Waals surface area contributed by atoms with Crippen molar-refractivity contribution in [2.45, 2.75) is 32.7 Å². The highest BCUT2D eigenvalue weighted by Gasteiger charge is 2.24. The third-order valence-electron chi connectivity index (χ3n) is 4.67. The standard InChI is InChI=1S/C23H26ClN3O5/c1-3-31-22(29)14(2)11-19(27-21(28)20(25)32-23(26)30)12-15-7-9-16(10-8-15)17-5-4-6-18(24)13-17/h4-10,13-14,19,25H,3,11-12H2,1-2H3,(H2,26,30)(H,27,28)/t14-,19+/m1/s1. The van der Waals surface area contributed by atoms with Gasteiger partial charge in [0.25, 0.3) is 5.90 Å². The molecule has 0 saturated carbocycles. The monoisotopic (exact) mass is 459 g/mol. The van der Waals surface area contributed by atoms with E-state index < -0.39 is 29.9 Å². The van der Waals surface area contributed by atoms with Gasteiger partial charge in [-0.25, -0.2) is 4.79 Å². The van der Waals surface area contributed by atoms with Crippen LogP contribution >= 0.6 is 11.6 Å². The molecule has 0 fully saturated rings. The third kappa shape index (κ3) is 7.70. The number of nitrogens with two attached hydrogens (primary N) is 1. The molecule has 4 N–H and O–H groups in total. The zero-order chi connectivity index (χ0) is 23.7. The molecule has 2 atom stereocenters. The van der Waals surface area contributed by atoms with Crippen LogP contribution < -0.4 is 11.1 Å². The maximum absolute atomic E-state index is 12.2. The number of esters is 1. The molecule has 0 aromatic heterocycles. The van der Waals surface area contributed by atoms with Crippen molar-refractivity contribution in [2.24, 2.45) is 11.7 Å². The van der Waals surface area contributed by atoms with Crippen LogP contribution in [0.1, 0.15) is 25.8 Å². The molecule has 2 aromatic rings. The molecule has 2 aromatic carbocycles. The second-order valence-electron chi connectivity index (χ2n) is 7.22. The summed E-state index contributed by atoms with van der Waals surface area (Å²) in [6.07, 6.45) is -0.599. The predicted molar refractivity (Wildman–Crippen MR) is 121 cm³/mol. The van der Waals surface area contributed by atoms with E-state index in [9.17, 15) is 14.4 Å². The fourth-order valence-electron chi connectivity index (χ4n) is 3.18. The minimum absolute atomic E-state index is 0.252. The first kappa shape index (κ1) is 24.9. The van der Waals surface area contributed by atoms with Crippen molar-refractivity contribution in [3.05, 3.63) is 59.1 Å². The van der Waals surface area contributed by atoms with Gasteiger partial charge in [0, 0.05) is 11.1 Å². The van der Waals surface area contributed by atoms with Gasteiger partial charge < -0.3 is 20.5 Å². The summed E-state index contributed by atoms with van der Waals surface area (Å²) in [7, 11) is 0. The van der Waals surface area contributed by atoms with Crippen LogP contribution in [0, 0.1) is 11.3 Å². The zero-order valence-corrected chi connectivity index (χ0v) is 18.6. The lowest BCUT2D eigenvalue weighted by Gasteiger charge is -2.22. The van der Waals surface area contributed by atoms with Crippen molar-refractivity contribution < 1.29 is 23.9 Å². The van der Waals surface area contributed by atoms with E-state index in [1.807, 2.05) is 42.5 Å². The number of hydrogen-bond acceptors (Lipinski definition) is 6. The van der Waals surface area contributed by atoms with Gasteiger partial charge in [-0.1, -0.05) is 54.9 Å². The van der Waals surface area contributed by atoms with Crippen molar-refractivity contribution in [2.75, 3.05) is 6.61 Å². The number of rotatable bonds is 8. The van der Waals surface area contributed by atoms with E-state index in [4.69, 9.17) is 27.5 Å². The van der Waals surface area contributed by atoms with E-state index in [0.717, 1.165) is 16.7 Å². The topological polar surface area (TPSA) is 132 Å². The zero-order valence-electron chi connectivity index (χ0n) is 17.9. The van der Waals surface area contributed by atoms with Gasteiger partial charge in [-0.3, -0.25) is 15.0 Å². The molecule has 170 valence electrons.